The van der Waals surface area contributed by atoms with Crippen LogP contribution in [0.15, 0.2) is 0 Å². The standard InChI is InChI=1S/C29H58/c1-5-7-9-11-13-15-17-19-21-28(29-25-26(3)23-24-27(29)4)22-20-18-16-14-12-10-8-6-2/h26-29H,5-25H2,1-4H3/t26-,27-,29-/m1/s1. The van der Waals surface area contributed by atoms with Gasteiger partial charge in [0.05, 0.1) is 0 Å². The number of hydrogen-bond acceptors (Lipinski definition) is 0. The summed E-state index contributed by atoms with van der Waals surface area (Å²) >= 11 is 0. The largest absolute Gasteiger partial charge is 0.0654 e. The lowest BCUT2D eigenvalue weighted by Crippen LogP contribution is -2.28. The van der Waals surface area contributed by atoms with E-state index in [9.17, 15) is 0 Å². The Bertz CT molecular complexity index is 313. The molecular weight excluding hydrogens is 348 g/mol. The van der Waals surface area contributed by atoms with E-state index >= 15 is 0 Å². The molecule has 0 aromatic carbocycles. The second-order valence-corrected chi connectivity index (χ2v) is 10.8. The van der Waals surface area contributed by atoms with E-state index in [1.807, 2.05) is 0 Å². The lowest BCUT2D eigenvalue weighted by Gasteiger charge is -2.38. The van der Waals surface area contributed by atoms with Crippen molar-refractivity contribution in [1.29, 1.82) is 0 Å². The van der Waals surface area contributed by atoms with Gasteiger partial charge in [0.15, 0.2) is 0 Å². The van der Waals surface area contributed by atoms with Gasteiger partial charge in [-0.3, -0.25) is 0 Å². The lowest BCUT2D eigenvalue weighted by molar-refractivity contribution is 0.122. The summed E-state index contributed by atoms with van der Waals surface area (Å²) in [6.45, 7) is 9.73. The summed E-state index contributed by atoms with van der Waals surface area (Å²) in [5.41, 5.74) is 0. The molecule has 1 rings (SSSR count). The van der Waals surface area contributed by atoms with Crippen LogP contribution in [0.25, 0.3) is 0 Å². The molecule has 1 aliphatic rings. The van der Waals surface area contributed by atoms with Crippen molar-refractivity contribution in [3.8, 4) is 0 Å². The molecule has 1 saturated carbocycles. The zero-order chi connectivity index (χ0) is 21.2. The Morgan fingerprint density at radius 1 is 0.552 bits per heavy atom. The fourth-order valence-electron chi connectivity index (χ4n) is 5.89. The first-order valence-corrected chi connectivity index (χ1v) is 14.2. The van der Waals surface area contributed by atoms with E-state index in [-0.39, 0.29) is 0 Å². The Morgan fingerprint density at radius 3 is 1.41 bits per heavy atom. The molecule has 0 spiro atoms. The van der Waals surface area contributed by atoms with Crippen LogP contribution >= 0.6 is 0 Å². The van der Waals surface area contributed by atoms with E-state index < -0.39 is 0 Å². The van der Waals surface area contributed by atoms with Crippen molar-refractivity contribution in [3.05, 3.63) is 0 Å². The second kappa shape index (κ2) is 18.7. The molecular formula is C29H58. The molecule has 174 valence electrons. The third-order valence-electron chi connectivity index (χ3n) is 7.98. The van der Waals surface area contributed by atoms with Crippen LogP contribution in [0.5, 0.6) is 0 Å². The molecule has 0 radical (unpaired) electrons. The molecule has 3 atom stereocenters. The molecule has 0 heterocycles. The fourth-order valence-corrected chi connectivity index (χ4v) is 5.89. The third-order valence-corrected chi connectivity index (χ3v) is 7.98. The molecule has 0 amide bonds. The van der Waals surface area contributed by atoms with Crippen LogP contribution in [0, 0.1) is 23.7 Å². The number of hydrogen-bond donors (Lipinski definition) is 0. The first-order chi connectivity index (χ1) is 14.2. The monoisotopic (exact) mass is 406 g/mol. The Morgan fingerprint density at radius 2 is 0.966 bits per heavy atom. The molecule has 0 bridgehead atoms. The summed E-state index contributed by atoms with van der Waals surface area (Å²) in [5, 5.41) is 0. The molecule has 29 heavy (non-hydrogen) atoms. The van der Waals surface area contributed by atoms with Crippen LogP contribution in [0.2, 0.25) is 0 Å². The van der Waals surface area contributed by atoms with Crippen molar-refractivity contribution in [1.82, 2.24) is 0 Å². The van der Waals surface area contributed by atoms with Gasteiger partial charge in [-0.15, -0.1) is 0 Å². The van der Waals surface area contributed by atoms with Crippen molar-refractivity contribution in [2.24, 2.45) is 23.7 Å². The minimum absolute atomic E-state index is 0.982. The first-order valence-electron chi connectivity index (χ1n) is 14.2. The average Bonchev–Trinajstić information content (AvgIpc) is 2.72. The molecule has 0 N–H and O–H groups in total. The smallest absolute Gasteiger partial charge is 0.0358 e. The van der Waals surface area contributed by atoms with E-state index in [0.717, 1.165) is 23.7 Å². The fraction of sp³-hybridized carbons (Fsp3) is 1.00. The minimum Gasteiger partial charge on any atom is -0.0654 e. The molecule has 0 aromatic rings. The summed E-state index contributed by atoms with van der Waals surface area (Å²) in [4.78, 5) is 0. The zero-order valence-electron chi connectivity index (χ0n) is 21.2. The van der Waals surface area contributed by atoms with Crippen molar-refractivity contribution in [2.45, 2.75) is 163 Å². The van der Waals surface area contributed by atoms with Gasteiger partial charge in [-0.1, -0.05) is 156 Å². The second-order valence-electron chi connectivity index (χ2n) is 10.8. The van der Waals surface area contributed by atoms with Crippen molar-refractivity contribution < 1.29 is 0 Å². The summed E-state index contributed by atoms with van der Waals surface area (Å²) in [7, 11) is 0. The molecule has 0 heteroatoms. The number of rotatable bonds is 19. The minimum atomic E-state index is 0.982. The first kappa shape index (κ1) is 27.0. The highest BCUT2D eigenvalue weighted by Gasteiger charge is 2.31. The molecule has 0 nitrogen and oxygen atoms in total. The van der Waals surface area contributed by atoms with Gasteiger partial charge in [-0.25, -0.2) is 0 Å². The Balaban J connectivity index is 2.26. The average molecular weight is 407 g/mol. The molecule has 0 aromatic heterocycles. The van der Waals surface area contributed by atoms with Gasteiger partial charge in [0, 0.05) is 0 Å². The van der Waals surface area contributed by atoms with Crippen LogP contribution in [0.3, 0.4) is 0 Å². The van der Waals surface area contributed by atoms with Crippen LogP contribution in [0.4, 0.5) is 0 Å². The molecule has 1 fully saturated rings. The Labute approximate surface area is 186 Å². The van der Waals surface area contributed by atoms with Crippen molar-refractivity contribution in [3.63, 3.8) is 0 Å². The van der Waals surface area contributed by atoms with Crippen molar-refractivity contribution >= 4 is 0 Å². The maximum atomic E-state index is 2.57. The third kappa shape index (κ3) is 13.8. The summed E-state index contributed by atoms with van der Waals surface area (Å²) in [6.07, 6.45) is 31.1. The quantitative estimate of drug-likeness (QED) is 0.187. The molecule has 0 saturated heterocycles. The van der Waals surface area contributed by atoms with Gasteiger partial charge in [-0.2, -0.15) is 0 Å². The predicted molar refractivity (Wildman–Crippen MR) is 134 cm³/mol. The summed E-state index contributed by atoms with van der Waals surface area (Å²) in [6, 6.07) is 0. The normalized spacial score (nSPS) is 22.4. The zero-order valence-corrected chi connectivity index (χ0v) is 21.2. The van der Waals surface area contributed by atoms with Gasteiger partial charge in [0.2, 0.25) is 0 Å². The van der Waals surface area contributed by atoms with E-state index in [1.54, 1.807) is 0 Å². The SMILES string of the molecule is CCCCCCCCCCC(CCCCCCCCCC)[C@@H]1C[C@H](C)CC[C@H]1C. The molecule has 0 aliphatic heterocycles. The van der Waals surface area contributed by atoms with E-state index in [0.29, 0.717) is 0 Å². The lowest BCUT2D eigenvalue weighted by atomic mass is 9.67. The molecule has 0 unspecified atom stereocenters. The van der Waals surface area contributed by atoms with Crippen LogP contribution < -0.4 is 0 Å². The van der Waals surface area contributed by atoms with E-state index in [4.69, 9.17) is 0 Å². The molecule has 1 aliphatic carbocycles. The van der Waals surface area contributed by atoms with Gasteiger partial charge in [0.1, 0.15) is 0 Å². The van der Waals surface area contributed by atoms with E-state index in [1.165, 1.54) is 135 Å². The van der Waals surface area contributed by atoms with Crippen LogP contribution in [-0.2, 0) is 0 Å². The van der Waals surface area contributed by atoms with Gasteiger partial charge < -0.3 is 0 Å². The van der Waals surface area contributed by atoms with Crippen LogP contribution in [-0.4, -0.2) is 0 Å². The van der Waals surface area contributed by atoms with E-state index in [2.05, 4.69) is 27.7 Å². The maximum Gasteiger partial charge on any atom is -0.0358 e. The van der Waals surface area contributed by atoms with Gasteiger partial charge in [0.25, 0.3) is 0 Å². The van der Waals surface area contributed by atoms with Crippen molar-refractivity contribution in [2.75, 3.05) is 0 Å². The highest BCUT2D eigenvalue weighted by molar-refractivity contribution is 4.81. The van der Waals surface area contributed by atoms with Gasteiger partial charge >= 0.3 is 0 Å². The predicted octanol–water partition coefficient (Wildman–Crippen LogP) is 10.7. The number of unbranched alkanes of at least 4 members (excludes halogenated alkanes) is 14. The highest BCUT2D eigenvalue weighted by atomic mass is 14.4. The summed E-state index contributed by atoms with van der Waals surface area (Å²) in [5.74, 6) is 4.04. The van der Waals surface area contributed by atoms with Crippen LogP contribution in [0.1, 0.15) is 163 Å². The maximum absolute atomic E-state index is 2.57. The van der Waals surface area contributed by atoms with Gasteiger partial charge in [-0.05, 0) is 30.1 Å². The topological polar surface area (TPSA) is 0 Å². The highest BCUT2D eigenvalue weighted by Crippen LogP contribution is 2.41. The Kier molecular flexibility index (Phi) is 17.5. The Hall–Kier alpha value is 0. The summed E-state index contributed by atoms with van der Waals surface area (Å²) < 4.78 is 0.